The largest absolute Gasteiger partial charge is 0.494 e. The Morgan fingerprint density at radius 1 is 0.913 bits per heavy atom. The fraction of sp³-hybridized carbons (Fsp3) is 0.667. The van der Waals surface area contributed by atoms with E-state index in [1.807, 2.05) is 0 Å². The van der Waals surface area contributed by atoms with E-state index < -0.39 is 0 Å². The lowest BCUT2D eigenvalue weighted by atomic mass is 9.79. The number of morpholine rings is 1. The van der Waals surface area contributed by atoms with Gasteiger partial charge < -0.3 is 18.9 Å². The molecule has 126 valence electrons. The number of hydrogen-bond donors (Lipinski definition) is 0. The monoisotopic (exact) mass is 317 g/mol. The van der Waals surface area contributed by atoms with Crippen LogP contribution in [0, 0.1) is 0 Å². The summed E-state index contributed by atoms with van der Waals surface area (Å²) in [6, 6.07) is 8.53. The van der Waals surface area contributed by atoms with Crippen molar-refractivity contribution in [3.05, 3.63) is 24.3 Å². The molecule has 2 saturated heterocycles. The molecule has 23 heavy (non-hydrogen) atoms. The molecule has 0 unspecified atom stereocenters. The van der Waals surface area contributed by atoms with Crippen molar-refractivity contribution < 1.29 is 14.0 Å². The smallest absolute Gasteiger partial charge is 0.399 e. The number of anilines is 1. The number of nitrogens with zero attached hydrogens (tertiary/aromatic N) is 1. The summed E-state index contributed by atoms with van der Waals surface area (Å²) in [6.07, 6.45) is 0. The number of rotatable bonds is 2. The average molecular weight is 317 g/mol. The Kier molecular flexibility index (Phi) is 4.02. The fourth-order valence-corrected chi connectivity index (χ4v) is 3.06. The zero-order valence-electron chi connectivity index (χ0n) is 15.2. The minimum atomic E-state index is -0.301. The summed E-state index contributed by atoms with van der Waals surface area (Å²) < 4.78 is 18.0. The third-order valence-corrected chi connectivity index (χ3v) is 5.21. The van der Waals surface area contributed by atoms with E-state index in [4.69, 9.17) is 14.0 Å². The zero-order valence-corrected chi connectivity index (χ0v) is 15.2. The van der Waals surface area contributed by atoms with Crippen LogP contribution in [0.2, 0.25) is 0 Å². The second kappa shape index (κ2) is 5.50. The molecule has 2 aliphatic heterocycles. The summed E-state index contributed by atoms with van der Waals surface area (Å²) in [5.41, 5.74) is 1.60. The van der Waals surface area contributed by atoms with Gasteiger partial charge in [-0.25, -0.2) is 0 Å². The van der Waals surface area contributed by atoms with Crippen molar-refractivity contribution >= 4 is 18.3 Å². The second-order valence-corrected chi connectivity index (χ2v) is 8.21. The van der Waals surface area contributed by atoms with Crippen molar-refractivity contribution in [1.29, 1.82) is 0 Å². The van der Waals surface area contributed by atoms with E-state index in [1.54, 1.807) is 0 Å². The van der Waals surface area contributed by atoms with Gasteiger partial charge in [0.2, 0.25) is 0 Å². The highest BCUT2D eigenvalue weighted by Gasteiger charge is 2.51. The average Bonchev–Trinajstić information content (AvgIpc) is 2.66. The first-order valence-electron chi connectivity index (χ1n) is 8.44. The molecule has 4 nitrogen and oxygen atoms in total. The van der Waals surface area contributed by atoms with E-state index in [1.165, 1.54) is 5.69 Å². The minimum absolute atomic E-state index is 0.0946. The third-order valence-electron chi connectivity index (χ3n) is 5.21. The van der Waals surface area contributed by atoms with Gasteiger partial charge in [-0.1, -0.05) is 12.1 Å². The lowest BCUT2D eigenvalue weighted by Crippen LogP contribution is -2.48. The van der Waals surface area contributed by atoms with Crippen LogP contribution in [0.25, 0.3) is 0 Å². The van der Waals surface area contributed by atoms with Crippen LogP contribution in [0.4, 0.5) is 5.69 Å². The summed E-state index contributed by atoms with van der Waals surface area (Å²) in [7, 11) is -0.296. The molecule has 0 aromatic heterocycles. The first kappa shape index (κ1) is 16.8. The number of benzene rings is 1. The quantitative estimate of drug-likeness (QED) is 0.785. The van der Waals surface area contributed by atoms with Crippen molar-refractivity contribution in [2.75, 3.05) is 24.6 Å². The summed E-state index contributed by atoms with van der Waals surface area (Å²) >= 11 is 0. The maximum Gasteiger partial charge on any atom is 0.494 e. The Balaban J connectivity index is 1.73. The molecule has 3 rings (SSSR count). The van der Waals surface area contributed by atoms with Gasteiger partial charge in [-0.3, -0.25) is 0 Å². The van der Waals surface area contributed by atoms with E-state index in [0.29, 0.717) is 0 Å². The van der Waals surface area contributed by atoms with Crippen molar-refractivity contribution in [2.45, 2.75) is 58.3 Å². The molecular formula is C18H28BNO3. The van der Waals surface area contributed by atoms with Gasteiger partial charge in [0.05, 0.1) is 23.4 Å². The Labute approximate surface area is 140 Å². The van der Waals surface area contributed by atoms with E-state index >= 15 is 0 Å². The molecule has 2 fully saturated rings. The molecule has 0 radical (unpaired) electrons. The van der Waals surface area contributed by atoms with Gasteiger partial charge >= 0.3 is 7.12 Å². The van der Waals surface area contributed by atoms with Crippen LogP contribution in [0.1, 0.15) is 41.5 Å². The molecule has 0 saturated carbocycles. The van der Waals surface area contributed by atoms with Crippen molar-refractivity contribution in [3.8, 4) is 0 Å². The van der Waals surface area contributed by atoms with Gasteiger partial charge in [-0.2, -0.15) is 0 Å². The van der Waals surface area contributed by atoms with Crippen LogP contribution in [0.5, 0.6) is 0 Å². The summed E-state index contributed by atoms with van der Waals surface area (Å²) in [6.45, 7) is 15.2. The summed E-state index contributed by atoms with van der Waals surface area (Å²) in [5, 5.41) is 0. The maximum absolute atomic E-state index is 6.11. The van der Waals surface area contributed by atoms with Gasteiger partial charge in [0.25, 0.3) is 0 Å². The minimum Gasteiger partial charge on any atom is -0.399 e. The van der Waals surface area contributed by atoms with E-state index in [2.05, 4.69) is 70.7 Å². The molecule has 0 aliphatic carbocycles. The summed E-state index contributed by atoms with van der Waals surface area (Å²) in [4.78, 5) is 2.37. The summed E-state index contributed by atoms with van der Waals surface area (Å²) in [5.74, 6) is 0. The standard InChI is InChI=1S/C18H28BNO3/c1-16(2)13-20(11-12-21-16)15-9-7-14(8-10-15)19-22-17(3,4)18(5,6)23-19/h7-10H,11-13H2,1-6H3. The first-order chi connectivity index (χ1) is 10.6. The molecule has 0 atom stereocenters. The third kappa shape index (κ3) is 3.28. The molecule has 0 spiro atoms. The van der Waals surface area contributed by atoms with Crippen molar-refractivity contribution in [2.24, 2.45) is 0 Å². The number of hydrogen-bond acceptors (Lipinski definition) is 4. The highest BCUT2D eigenvalue weighted by molar-refractivity contribution is 6.62. The lowest BCUT2D eigenvalue weighted by Gasteiger charge is -2.39. The lowest BCUT2D eigenvalue weighted by molar-refractivity contribution is -0.0276. The Morgan fingerprint density at radius 3 is 2.00 bits per heavy atom. The predicted molar refractivity (Wildman–Crippen MR) is 94.4 cm³/mol. The topological polar surface area (TPSA) is 30.9 Å². The molecular weight excluding hydrogens is 289 g/mol. The fourth-order valence-electron chi connectivity index (χ4n) is 3.06. The van der Waals surface area contributed by atoms with Crippen molar-refractivity contribution in [1.82, 2.24) is 0 Å². The maximum atomic E-state index is 6.11. The molecule has 0 amide bonds. The normalized spacial score (nSPS) is 25.7. The zero-order chi connectivity index (χ0) is 16.9. The van der Waals surface area contributed by atoms with E-state index in [9.17, 15) is 0 Å². The Bertz CT molecular complexity index is 552. The molecule has 2 heterocycles. The molecule has 0 N–H and O–H groups in total. The molecule has 1 aromatic rings. The predicted octanol–water partition coefficient (Wildman–Crippen LogP) is 2.60. The van der Waals surface area contributed by atoms with Gasteiger partial charge in [0, 0.05) is 18.8 Å². The SMILES string of the molecule is CC1(C)CN(c2ccc(B3OC(C)(C)C(C)(C)O3)cc2)CCO1. The van der Waals surface area contributed by atoms with Crippen LogP contribution in [0.3, 0.4) is 0 Å². The highest BCUT2D eigenvalue weighted by atomic mass is 16.7. The molecule has 5 heteroatoms. The van der Waals surface area contributed by atoms with E-state index in [-0.39, 0.29) is 23.9 Å². The van der Waals surface area contributed by atoms with Gasteiger partial charge in [0.15, 0.2) is 0 Å². The van der Waals surface area contributed by atoms with E-state index in [0.717, 1.165) is 25.2 Å². The van der Waals surface area contributed by atoms with Crippen LogP contribution in [-0.4, -0.2) is 43.6 Å². The van der Waals surface area contributed by atoms with Gasteiger partial charge in [-0.15, -0.1) is 0 Å². The molecule has 2 aliphatic rings. The van der Waals surface area contributed by atoms with Crippen LogP contribution >= 0.6 is 0 Å². The molecule has 0 bridgehead atoms. The second-order valence-electron chi connectivity index (χ2n) is 8.21. The Hall–Kier alpha value is -1.04. The van der Waals surface area contributed by atoms with Crippen LogP contribution < -0.4 is 10.4 Å². The first-order valence-corrected chi connectivity index (χ1v) is 8.44. The van der Waals surface area contributed by atoms with Gasteiger partial charge in [0.1, 0.15) is 0 Å². The van der Waals surface area contributed by atoms with Crippen LogP contribution in [0.15, 0.2) is 24.3 Å². The van der Waals surface area contributed by atoms with Crippen LogP contribution in [-0.2, 0) is 14.0 Å². The van der Waals surface area contributed by atoms with Gasteiger partial charge in [-0.05, 0) is 59.1 Å². The highest BCUT2D eigenvalue weighted by Crippen LogP contribution is 2.36. The molecule has 1 aromatic carbocycles. The number of ether oxygens (including phenoxy) is 1. The van der Waals surface area contributed by atoms with Crippen molar-refractivity contribution in [3.63, 3.8) is 0 Å². The Morgan fingerprint density at radius 2 is 1.48 bits per heavy atom.